The van der Waals surface area contributed by atoms with E-state index in [-0.39, 0.29) is 11.8 Å². The van der Waals surface area contributed by atoms with Crippen molar-refractivity contribution in [1.82, 2.24) is 9.99 Å². The molecule has 0 unspecified atom stereocenters. The lowest BCUT2D eigenvalue weighted by molar-refractivity contribution is -0.0218. The molecule has 2 atom stereocenters. The summed E-state index contributed by atoms with van der Waals surface area (Å²) in [6, 6.07) is 19.1. The number of rotatable bonds is 2. The standard InChI is InChI=1S/C21H16BrN3O2/c22-13-8-9-20-15(11-13)18-12-17(14-5-1-2-7-19(14)26)24-25(18)21(27-20)16-6-3-4-10-23-16/h1-11,18,21,26H,12H2/t18-,21-/m0/s1. The van der Waals surface area contributed by atoms with Crippen LogP contribution in [0.3, 0.4) is 0 Å². The van der Waals surface area contributed by atoms with Gasteiger partial charge in [0.2, 0.25) is 6.23 Å². The van der Waals surface area contributed by atoms with Gasteiger partial charge >= 0.3 is 0 Å². The van der Waals surface area contributed by atoms with Crippen LogP contribution in [-0.4, -0.2) is 20.8 Å². The molecule has 1 N–H and O–H groups in total. The van der Waals surface area contributed by atoms with E-state index in [1.807, 2.05) is 53.5 Å². The number of nitrogens with zero attached hydrogens (tertiary/aromatic N) is 3. The van der Waals surface area contributed by atoms with E-state index in [1.54, 1.807) is 12.3 Å². The van der Waals surface area contributed by atoms with Crippen LogP contribution in [0.25, 0.3) is 0 Å². The molecule has 0 saturated heterocycles. The Bertz CT molecular complexity index is 1040. The quantitative estimate of drug-likeness (QED) is 0.645. The van der Waals surface area contributed by atoms with Gasteiger partial charge in [-0.05, 0) is 42.5 Å². The largest absolute Gasteiger partial charge is 0.507 e. The molecular formula is C21H16BrN3O2. The highest BCUT2D eigenvalue weighted by Crippen LogP contribution is 2.48. The van der Waals surface area contributed by atoms with Gasteiger partial charge in [0.05, 0.1) is 11.8 Å². The molecule has 5 rings (SSSR count). The Hall–Kier alpha value is -2.86. The highest BCUT2D eigenvalue weighted by atomic mass is 79.9. The molecule has 3 aromatic rings. The second-order valence-electron chi connectivity index (χ2n) is 6.57. The normalized spacial score (nSPS) is 20.5. The number of hydrogen-bond donors (Lipinski definition) is 1. The predicted octanol–water partition coefficient (Wildman–Crippen LogP) is 4.79. The van der Waals surface area contributed by atoms with Crippen molar-refractivity contribution >= 4 is 21.6 Å². The number of pyridine rings is 1. The van der Waals surface area contributed by atoms with Crippen LogP contribution in [0, 0.1) is 0 Å². The van der Waals surface area contributed by atoms with Crippen LogP contribution < -0.4 is 4.74 Å². The third-order valence-electron chi connectivity index (χ3n) is 4.91. The van der Waals surface area contributed by atoms with E-state index < -0.39 is 6.23 Å². The van der Waals surface area contributed by atoms with Crippen LogP contribution in [0.1, 0.15) is 35.5 Å². The molecule has 0 bridgehead atoms. The maximum Gasteiger partial charge on any atom is 0.230 e. The summed E-state index contributed by atoms with van der Waals surface area (Å²) in [5.41, 5.74) is 3.47. The molecule has 2 aliphatic heterocycles. The van der Waals surface area contributed by atoms with Gasteiger partial charge in [0, 0.05) is 28.2 Å². The predicted molar refractivity (Wildman–Crippen MR) is 106 cm³/mol. The van der Waals surface area contributed by atoms with Gasteiger partial charge in [-0.2, -0.15) is 5.10 Å². The Morgan fingerprint density at radius 3 is 2.74 bits per heavy atom. The first-order valence-electron chi connectivity index (χ1n) is 8.72. The van der Waals surface area contributed by atoms with Gasteiger partial charge in [0.1, 0.15) is 17.2 Å². The van der Waals surface area contributed by atoms with Crippen LogP contribution >= 0.6 is 15.9 Å². The van der Waals surface area contributed by atoms with E-state index >= 15 is 0 Å². The van der Waals surface area contributed by atoms with Gasteiger partial charge in [-0.25, -0.2) is 5.01 Å². The molecule has 0 aliphatic carbocycles. The molecule has 2 aromatic carbocycles. The van der Waals surface area contributed by atoms with Crippen molar-refractivity contribution in [3.8, 4) is 11.5 Å². The lowest BCUT2D eigenvalue weighted by Crippen LogP contribution is -2.34. The number of ether oxygens (including phenoxy) is 1. The van der Waals surface area contributed by atoms with Gasteiger partial charge in [-0.3, -0.25) is 4.98 Å². The zero-order valence-corrected chi connectivity index (χ0v) is 15.9. The summed E-state index contributed by atoms with van der Waals surface area (Å²) in [5.74, 6) is 1.07. The fraction of sp³-hybridized carbons (Fsp3) is 0.143. The van der Waals surface area contributed by atoms with Gasteiger partial charge in [0.25, 0.3) is 0 Å². The number of hydrogen-bond acceptors (Lipinski definition) is 5. The van der Waals surface area contributed by atoms with Crippen molar-refractivity contribution < 1.29 is 9.84 Å². The number of phenols is 1. The molecule has 5 nitrogen and oxygen atoms in total. The molecule has 134 valence electrons. The third-order valence-corrected chi connectivity index (χ3v) is 5.40. The second-order valence-corrected chi connectivity index (χ2v) is 7.49. The van der Waals surface area contributed by atoms with Crippen LogP contribution in [0.5, 0.6) is 11.5 Å². The SMILES string of the molecule is Oc1ccccc1C1=NN2[C@@H](C1)c1cc(Br)ccc1O[C@H]2c1ccccn1. The molecule has 27 heavy (non-hydrogen) atoms. The minimum absolute atomic E-state index is 0.0212. The molecule has 0 saturated carbocycles. The van der Waals surface area contributed by atoms with Gasteiger partial charge in [0.15, 0.2) is 0 Å². The van der Waals surface area contributed by atoms with Gasteiger partial charge in [-0.1, -0.05) is 34.1 Å². The summed E-state index contributed by atoms with van der Waals surface area (Å²) in [7, 11) is 0. The number of phenolic OH excluding ortho intramolecular Hbond substituents is 1. The number of hydrazone groups is 1. The van der Waals surface area contributed by atoms with Crippen LogP contribution in [0.4, 0.5) is 0 Å². The van der Waals surface area contributed by atoms with Crippen molar-refractivity contribution in [3.05, 3.63) is 88.2 Å². The summed E-state index contributed by atoms with van der Waals surface area (Å²) in [5, 5.41) is 17.1. The highest BCUT2D eigenvalue weighted by Gasteiger charge is 2.41. The summed E-state index contributed by atoms with van der Waals surface area (Å²) >= 11 is 3.56. The number of aromatic nitrogens is 1. The van der Waals surface area contributed by atoms with Crippen molar-refractivity contribution in [2.75, 3.05) is 0 Å². The molecule has 6 heteroatoms. The average Bonchev–Trinajstić information content (AvgIpc) is 3.14. The Labute approximate surface area is 165 Å². The van der Waals surface area contributed by atoms with E-state index in [2.05, 4.69) is 27.0 Å². The van der Waals surface area contributed by atoms with E-state index in [0.717, 1.165) is 32.8 Å². The van der Waals surface area contributed by atoms with E-state index in [1.165, 1.54) is 0 Å². The Morgan fingerprint density at radius 2 is 1.93 bits per heavy atom. The molecule has 0 spiro atoms. The molecule has 0 amide bonds. The van der Waals surface area contributed by atoms with Crippen LogP contribution in [0.15, 0.2) is 76.4 Å². The molecule has 0 radical (unpaired) electrons. The number of halogens is 1. The number of aromatic hydroxyl groups is 1. The Kier molecular flexibility index (Phi) is 3.86. The number of para-hydroxylation sites is 1. The first-order valence-corrected chi connectivity index (χ1v) is 9.51. The summed E-state index contributed by atoms with van der Waals surface area (Å²) in [4.78, 5) is 4.47. The van der Waals surface area contributed by atoms with Crippen LogP contribution in [-0.2, 0) is 0 Å². The molecular weight excluding hydrogens is 406 g/mol. The van der Waals surface area contributed by atoms with Crippen molar-refractivity contribution in [1.29, 1.82) is 0 Å². The molecule has 3 heterocycles. The summed E-state index contributed by atoms with van der Waals surface area (Å²) in [6.07, 6.45) is 2.04. The molecule has 0 fully saturated rings. The lowest BCUT2D eigenvalue weighted by Gasteiger charge is -2.37. The van der Waals surface area contributed by atoms with Crippen molar-refractivity contribution in [3.63, 3.8) is 0 Å². The van der Waals surface area contributed by atoms with Crippen molar-refractivity contribution in [2.45, 2.75) is 18.7 Å². The number of benzene rings is 2. The smallest absolute Gasteiger partial charge is 0.230 e. The fourth-order valence-electron chi connectivity index (χ4n) is 3.66. The summed E-state index contributed by atoms with van der Waals surface area (Å²) < 4.78 is 7.27. The Balaban J connectivity index is 1.63. The van der Waals surface area contributed by atoms with E-state index in [4.69, 9.17) is 9.84 Å². The first kappa shape index (κ1) is 16.3. The lowest BCUT2D eigenvalue weighted by atomic mass is 9.96. The maximum absolute atomic E-state index is 10.3. The minimum Gasteiger partial charge on any atom is -0.507 e. The molecule has 1 aromatic heterocycles. The second kappa shape index (κ2) is 6.39. The topological polar surface area (TPSA) is 58.0 Å². The van der Waals surface area contributed by atoms with E-state index in [9.17, 15) is 5.11 Å². The monoisotopic (exact) mass is 421 g/mol. The maximum atomic E-state index is 10.3. The number of fused-ring (bicyclic) bond motifs is 3. The molecule has 2 aliphatic rings. The van der Waals surface area contributed by atoms with Crippen LogP contribution in [0.2, 0.25) is 0 Å². The zero-order valence-electron chi connectivity index (χ0n) is 14.3. The fourth-order valence-corrected chi connectivity index (χ4v) is 4.03. The van der Waals surface area contributed by atoms with Gasteiger partial charge in [-0.15, -0.1) is 0 Å². The van der Waals surface area contributed by atoms with E-state index in [0.29, 0.717) is 6.42 Å². The Morgan fingerprint density at radius 1 is 1.07 bits per heavy atom. The zero-order chi connectivity index (χ0) is 18.4. The van der Waals surface area contributed by atoms with Gasteiger partial charge < -0.3 is 9.84 Å². The average molecular weight is 422 g/mol. The summed E-state index contributed by atoms with van der Waals surface area (Å²) in [6.45, 7) is 0. The highest BCUT2D eigenvalue weighted by molar-refractivity contribution is 9.10. The first-order chi connectivity index (χ1) is 13.2. The third kappa shape index (κ3) is 2.77. The van der Waals surface area contributed by atoms with Crippen molar-refractivity contribution in [2.24, 2.45) is 5.10 Å². The minimum atomic E-state index is -0.409.